The zero-order chi connectivity index (χ0) is 13.4. The van der Waals surface area contributed by atoms with Crippen LogP contribution in [0.2, 0.25) is 0 Å². The van der Waals surface area contributed by atoms with Crippen molar-refractivity contribution in [1.82, 2.24) is 5.32 Å². The van der Waals surface area contributed by atoms with E-state index < -0.39 is 5.97 Å². The lowest BCUT2D eigenvalue weighted by Crippen LogP contribution is -2.28. The first-order valence-electron chi connectivity index (χ1n) is 5.32. The summed E-state index contributed by atoms with van der Waals surface area (Å²) >= 11 is 0. The minimum atomic E-state index is -0.488. The molecule has 0 radical (unpaired) electrons. The maximum Gasteiger partial charge on any atom is 0.325 e. The Balaban J connectivity index is 2.52. The second kappa shape index (κ2) is 7.11. The number of rotatable bonds is 5. The van der Waals surface area contributed by atoms with Crippen LogP contribution in [0.3, 0.4) is 0 Å². The van der Waals surface area contributed by atoms with Gasteiger partial charge in [-0.2, -0.15) is 0 Å². The van der Waals surface area contributed by atoms with Gasteiger partial charge in [0.1, 0.15) is 12.3 Å². The normalized spacial score (nSPS) is 10.1. The van der Waals surface area contributed by atoms with Crippen molar-refractivity contribution in [3.8, 4) is 5.75 Å². The summed E-state index contributed by atoms with van der Waals surface area (Å²) in [6.45, 7) is -0.141. The van der Waals surface area contributed by atoms with Crippen molar-refractivity contribution in [2.45, 2.75) is 0 Å². The summed E-state index contributed by atoms with van der Waals surface area (Å²) in [5.74, 6) is -0.131. The van der Waals surface area contributed by atoms with Crippen molar-refractivity contribution in [1.29, 1.82) is 0 Å². The minimum absolute atomic E-state index is 0.141. The smallest absolute Gasteiger partial charge is 0.325 e. The summed E-state index contributed by atoms with van der Waals surface area (Å²) < 4.78 is 9.46. The number of carbonyl (C=O) groups is 2. The first-order valence-corrected chi connectivity index (χ1v) is 5.32. The summed E-state index contributed by atoms with van der Waals surface area (Å²) in [5.41, 5.74) is 0.836. The fourth-order valence-corrected chi connectivity index (χ4v) is 1.21. The molecular formula is C13H15NO4. The number of hydrogen-bond donors (Lipinski definition) is 1. The number of ether oxygens (including phenoxy) is 2. The van der Waals surface area contributed by atoms with E-state index in [1.165, 1.54) is 13.2 Å². The van der Waals surface area contributed by atoms with E-state index in [2.05, 4.69) is 10.1 Å². The fraction of sp³-hybridized carbons (Fsp3) is 0.231. The van der Waals surface area contributed by atoms with E-state index in [9.17, 15) is 9.59 Å². The quantitative estimate of drug-likeness (QED) is 0.624. The van der Waals surface area contributed by atoms with Crippen LogP contribution < -0.4 is 10.1 Å². The molecule has 1 aromatic carbocycles. The molecule has 18 heavy (non-hydrogen) atoms. The zero-order valence-electron chi connectivity index (χ0n) is 10.3. The van der Waals surface area contributed by atoms with Crippen LogP contribution in [0.4, 0.5) is 0 Å². The van der Waals surface area contributed by atoms with Crippen molar-refractivity contribution in [3.05, 3.63) is 35.9 Å². The third-order valence-electron chi connectivity index (χ3n) is 2.16. The van der Waals surface area contributed by atoms with Crippen LogP contribution in [0.25, 0.3) is 6.08 Å². The maximum absolute atomic E-state index is 11.4. The minimum Gasteiger partial charge on any atom is -0.497 e. The van der Waals surface area contributed by atoms with E-state index in [4.69, 9.17) is 4.74 Å². The highest BCUT2D eigenvalue weighted by atomic mass is 16.5. The summed E-state index contributed by atoms with van der Waals surface area (Å²) in [5, 5.41) is 2.40. The lowest BCUT2D eigenvalue weighted by molar-refractivity contribution is -0.140. The molecule has 5 nitrogen and oxygen atoms in total. The molecule has 1 amide bonds. The Morgan fingerprint density at radius 3 is 2.78 bits per heavy atom. The van der Waals surface area contributed by atoms with Crippen molar-refractivity contribution in [2.75, 3.05) is 20.8 Å². The molecule has 0 aliphatic carbocycles. The Morgan fingerprint density at radius 2 is 2.11 bits per heavy atom. The molecule has 0 heterocycles. The molecule has 0 bridgehead atoms. The lowest BCUT2D eigenvalue weighted by Gasteiger charge is -2.01. The van der Waals surface area contributed by atoms with Crippen molar-refractivity contribution >= 4 is 18.0 Å². The van der Waals surface area contributed by atoms with E-state index in [1.54, 1.807) is 19.3 Å². The van der Waals surface area contributed by atoms with Crippen LogP contribution in [0.1, 0.15) is 5.56 Å². The molecule has 1 rings (SSSR count). The topological polar surface area (TPSA) is 64.6 Å². The van der Waals surface area contributed by atoms with Crippen LogP contribution in [-0.2, 0) is 14.3 Å². The van der Waals surface area contributed by atoms with Gasteiger partial charge >= 0.3 is 5.97 Å². The van der Waals surface area contributed by atoms with Crippen LogP contribution >= 0.6 is 0 Å². The molecule has 0 atom stereocenters. The molecule has 1 aromatic rings. The largest absolute Gasteiger partial charge is 0.497 e. The molecule has 0 saturated carbocycles. The highest BCUT2D eigenvalue weighted by Gasteiger charge is 2.01. The summed E-state index contributed by atoms with van der Waals surface area (Å²) in [7, 11) is 2.84. The third-order valence-corrected chi connectivity index (χ3v) is 2.16. The second-order valence-corrected chi connectivity index (χ2v) is 3.40. The maximum atomic E-state index is 11.4. The van der Waals surface area contributed by atoms with Gasteiger partial charge in [0.05, 0.1) is 14.2 Å². The number of hydrogen-bond acceptors (Lipinski definition) is 4. The van der Waals surface area contributed by atoms with Crippen molar-refractivity contribution < 1.29 is 19.1 Å². The molecule has 0 saturated heterocycles. The van der Waals surface area contributed by atoms with E-state index in [1.807, 2.05) is 18.2 Å². The molecule has 1 N–H and O–H groups in total. The Labute approximate surface area is 105 Å². The van der Waals surface area contributed by atoms with Crippen LogP contribution in [0, 0.1) is 0 Å². The van der Waals surface area contributed by atoms with Gasteiger partial charge < -0.3 is 14.8 Å². The molecule has 96 valence electrons. The van der Waals surface area contributed by atoms with Gasteiger partial charge in [-0.05, 0) is 23.8 Å². The first-order chi connectivity index (χ1) is 8.65. The van der Waals surface area contributed by atoms with E-state index in [0.717, 1.165) is 5.56 Å². The van der Waals surface area contributed by atoms with Gasteiger partial charge in [0.2, 0.25) is 5.91 Å². The molecule has 0 spiro atoms. The van der Waals surface area contributed by atoms with Crippen molar-refractivity contribution in [2.24, 2.45) is 0 Å². The van der Waals surface area contributed by atoms with E-state index in [-0.39, 0.29) is 12.5 Å². The van der Waals surface area contributed by atoms with Crippen LogP contribution in [0.5, 0.6) is 5.75 Å². The van der Waals surface area contributed by atoms with Gasteiger partial charge in [-0.25, -0.2) is 0 Å². The summed E-state index contributed by atoms with van der Waals surface area (Å²) in [4.78, 5) is 22.2. The monoisotopic (exact) mass is 249 g/mol. The predicted octanol–water partition coefficient (Wildman–Crippen LogP) is 0.998. The van der Waals surface area contributed by atoms with Gasteiger partial charge in [0, 0.05) is 6.08 Å². The van der Waals surface area contributed by atoms with Crippen LogP contribution in [-0.4, -0.2) is 32.6 Å². The first kappa shape index (κ1) is 13.8. The van der Waals surface area contributed by atoms with Gasteiger partial charge in [-0.1, -0.05) is 12.1 Å². The highest BCUT2D eigenvalue weighted by Crippen LogP contribution is 2.13. The SMILES string of the molecule is COC(=O)CNC(=O)/C=C/c1cccc(OC)c1. The molecule has 0 aliphatic rings. The Kier molecular flexibility index (Phi) is 5.44. The lowest BCUT2D eigenvalue weighted by atomic mass is 10.2. The molecule has 0 unspecified atom stereocenters. The number of esters is 1. The fourth-order valence-electron chi connectivity index (χ4n) is 1.21. The Hall–Kier alpha value is -2.30. The number of carbonyl (C=O) groups excluding carboxylic acids is 2. The number of amides is 1. The molecular weight excluding hydrogens is 234 g/mol. The molecule has 0 aromatic heterocycles. The Bertz CT molecular complexity index is 454. The average Bonchev–Trinajstić information content (AvgIpc) is 2.42. The van der Waals surface area contributed by atoms with Gasteiger partial charge in [-0.15, -0.1) is 0 Å². The molecule has 0 aliphatic heterocycles. The van der Waals surface area contributed by atoms with E-state index >= 15 is 0 Å². The number of nitrogens with one attached hydrogen (secondary N) is 1. The third kappa shape index (κ3) is 4.69. The second-order valence-electron chi connectivity index (χ2n) is 3.40. The highest BCUT2D eigenvalue weighted by molar-refractivity contribution is 5.93. The zero-order valence-corrected chi connectivity index (χ0v) is 10.3. The van der Waals surface area contributed by atoms with Crippen molar-refractivity contribution in [3.63, 3.8) is 0 Å². The standard InChI is InChI=1S/C13H15NO4/c1-17-11-5-3-4-10(8-11)6-7-12(15)14-9-13(16)18-2/h3-8H,9H2,1-2H3,(H,14,15)/b7-6+. The van der Waals surface area contributed by atoms with Gasteiger partial charge in [-0.3, -0.25) is 9.59 Å². The van der Waals surface area contributed by atoms with Gasteiger partial charge in [0.15, 0.2) is 0 Å². The number of benzene rings is 1. The molecule has 0 fully saturated rings. The summed E-state index contributed by atoms with van der Waals surface area (Å²) in [6.07, 6.45) is 2.98. The van der Waals surface area contributed by atoms with Crippen LogP contribution in [0.15, 0.2) is 30.3 Å². The summed E-state index contributed by atoms with van der Waals surface area (Å²) in [6, 6.07) is 7.27. The molecule has 5 heteroatoms. The number of methoxy groups -OCH3 is 2. The Morgan fingerprint density at radius 1 is 1.33 bits per heavy atom. The van der Waals surface area contributed by atoms with Gasteiger partial charge in [0.25, 0.3) is 0 Å². The van der Waals surface area contributed by atoms with E-state index in [0.29, 0.717) is 5.75 Å². The average molecular weight is 249 g/mol. The predicted molar refractivity (Wildman–Crippen MR) is 67.1 cm³/mol.